The van der Waals surface area contributed by atoms with Gasteiger partial charge in [0.15, 0.2) is 11.4 Å². The molecule has 4 N–H and O–H groups in total. The second-order valence-electron chi connectivity index (χ2n) is 7.16. The van der Waals surface area contributed by atoms with Crippen molar-refractivity contribution in [2.75, 3.05) is 6.61 Å². The molecule has 2 atom stereocenters. The molecular weight excluding hydrogens is 416 g/mol. The summed E-state index contributed by atoms with van der Waals surface area (Å²) in [5.41, 5.74) is -2.42. The molecule has 9 nitrogen and oxygen atoms in total. The molecule has 2 unspecified atom stereocenters. The zero-order valence-electron chi connectivity index (χ0n) is 16.5. The molecule has 2 heterocycles. The minimum Gasteiger partial charge on any atom is -0.502 e. The zero-order chi connectivity index (χ0) is 22.7. The third kappa shape index (κ3) is 5.06. The number of nitrogens with zero attached hydrogens (tertiary/aromatic N) is 1. The number of hydrogen-bond acceptors (Lipinski definition) is 6. The van der Waals surface area contributed by atoms with Gasteiger partial charge in [-0.2, -0.15) is 0 Å². The van der Waals surface area contributed by atoms with Gasteiger partial charge in [-0.1, -0.05) is 6.07 Å². The maximum Gasteiger partial charge on any atom is 0.356 e. The van der Waals surface area contributed by atoms with Gasteiger partial charge in [-0.05, 0) is 19.4 Å². The van der Waals surface area contributed by atoms with Crippen molar-refractivity contribution in [3.63, 3.8) is 0 Å². The number of carboxylic acids is 1. The Morgan fingerprint density at radius 2 is 2.10 bits per heavy atom. The fourth-order valence-corrected chi connectivity index (χ4v) is 3.24. The quantitative estimate of drug-likeness (QED) is 0.534. The van der Waals surface area contributed by atoms with E-state index < -0.39 is 52.2 Å². The van der Waals surface area contributed by atoms with E-state index in [2.05, 4.69) is 10.6 Å². The van der Waals surface area contributed by atoms with Crippen molar-refractivity contribution in [3.05, 3.63) is 63.1 Å². The maximum absolute atomic E-state index is 13.8. The first kappa shape index (κ1) is 22.4. The second kappa shape index (κ2) is 9.23. The Balaban J connectivity index is 1.88. The predicted octanol–water partition coefficient (Wildman–Crippen LogP) is 1.18. The number of ether oxygens (including phenoxy) is 1. The number of pyridine rings is 1. The van der Waals surface area contributed by atoms with Crippen LogP contribution in [0.4, 0.5) is 8.78 Å². The number of halogens is 2. The van der Waals surface area contributed by atoms with E-state index in [0.29, 0.717) is 12.7 Å². The molecule has 0 bridgehead atoms. The molecule has 1 aromatic heterocycles. The van der Waals surface area contributed by atoms with Gasteiger partial charge in [0.2, 0.25) is 5.43 Å². The molecule has 1 fully saturated rings. The minimum atomic E-state index is -1.56. The fraction of sp³-hybridized carbons (Fsp3) is 0.350. The van der Waals surface area contributed by atoms with Crippen LogP contribution < -0.4 is 16.1 Å². The van der Waals surface area contributed by atoms with Crippen LogP contribution in [0, 0.1) is 11.6 Å². The largest absolute Gasteiger partial charge is 0.502 e. The number of benzene rings is 1. The SMILES string of the molecule is CC1CCOC(Cn2cc(C(=O)NCc3ccc(F)cc3F)c(=O)c(O)c2C(=O)O)N1. The number of rotatable bonds is 6. The average molecular weight is 437 g/mol. The lowest BCUT2D eigenvalue weighted by molar-refractivity contribution is -0.0249. The van der Waals surface area contributed by atoms with E-state index in [0.717, 1.165) is 29.3 Å². The standard InChI is InChI=1S/C20H21F2N3O6/c1-10-4-5-31-15(24-10)9-25-8-13(17(26)18(27)16(25)20(29)30)19(28)23-7-11-2-3-12(21)6-14(11)22/h2-3,6,8,10,15,24,27H,4-5,7,9H2,1H3,(H,23,28)(H,29,30). The highest BCUT2D eigenvalue weighted by Gasteiger charge is 2.26. The number of amides is 1. The molecule has 11 heteroatoms. The molecule has 3 rings (SSSR count). The number of nitrogens with one attached hydrogen (secondary N) is 2. The molecule has 2 aromatic rings. The first-order valence-corrected chi connectivity index (χ1v) is 9.46. The number of carboxylic acid groups (broad SMARTS) is 1. The molecule has 31 heavy (non-hydrogen) atoms. The van der Waals surface area contributed by atoms with E-state index in [-0.39, 0.29) is 24.7 Å². The highest BCUT2D eigenvalue weighted by molar-refractivity contribution is 5.96. The summed E-state index contributed by atoms with van der Waals surface area (Å²) in [4.78, 5) is 36.5. The molecule has 0 saturated carbocycles. The number of aromatic hydroxyl groups is 1. The third-order valence-electron chi connectivity index (χ3n) is 4.86. The van der Waals surface area contributed by atoms with Crippen molar-refractivity contribution in [1.29, 1.82) is 0 Å². The third-order valence-corrected chi connectivity index (χ3v) is 4.86. The van der Waals surface area contributed by atoms with Gasteiger partial charge < -0.3 is 24.8 Å². The summed E-state index contributed by atoms with van der Waals surface area (Å²) in [7, 11) is 0. The Labute approximate surface area is 175 Å². The molecular formula is C20H21F2N3O6. The van der Waals surface area contributed by atoms with Gasteiger partial charge >= 0.3 is 5.97 Å². The van der Waals surface area contributed by atoms with Gasteiger partial charge in [0, 0.05) is 30.4 Å². The van der Waals surface area contributed by atoms with Crippen LogP contribution in [0.1, 0.15) is 39.8 Å². The number of carbonyl (C=O) groups excluding carboxylic acids is 1. The Morgan fingerprint density at radius 3 is 2.74 bits per heavy atom. The van der Waals surface area contributed by atoms with Gasteiger partial charge in [-0.3, -0.25) is 14.9 Å². The lowest BCUT2D eigenvalue weighted by Crippen LogP contribution is -2.46. The van der Waals surface area contributed by atoms with Crippen molar-refractivity contribution in [2.45, 2.75) is 38.7 Å². The molecule has 0 spiro atoms. The van der Waals surface area contributed by atoms with Gasteiger partial charge in [0.05, 0.1) is 13.2 Å². The summed E-state index contributed by atoms with van der Waals surface area (Å²) >= 11 is 0. The molecule has 1 aromatic carbocycles. The summed E-state index contributed by atoms with van der Waals surface area (Å²) in [6.45, 7) is 1.91. The van der Waals surface area contributed by atoms with Crippen LogP contribution in [0.25, 0.3) is 0 Å². The van der Waals surface area contributed by atoms with Crippen molar-refractivity contribution in [3.8, 4) is 5.75 Å². The number of aromatic carboxylic acids is 1. The van der Waals surface area contributed by atoms with Crippen LogP contribution >= 0.6 is 0 Å². The number of hydrogen-bond donors (Lipinski definition) is 4. The summed E-state index contributed by atoms with van der Waals surface area (Å²) in [6.07, 6.45) is 1.16. The van der Waals surface area contributed by atoms with Crippen molar-refractivity contribution in [1.82, 2.24) is 15.2 Å². The van der Waals surface area contributed by atoms with Gasteiger partial charge in [-0.25, -0.2) is 13.6 Å². The molecule has 166 valence electrons. The smallest absolute Gasteiger partial charge is 0.356 e. The Morgan fingerprint density at radius 1 is 1.35 bits per heavy atom. The Bertz CT molecular complexity index is 1070. The summed E-state index contributed by atoms with van der Waals surface area (Å²) in [5, 5.41) is 25.0. The van der Waals surface area contributed by atoms with E-state index in [1.165, 1.54) is 0 Å². The van der Waals surface area contributed by atoms with Crippen LogP contribution in [-0.4, -0.2) is 45.5 Å². The van der Waals surface area contributed by atoms with Crippen LogP contribution in [0.15, 0.2) is 29.2 Å². The van der Waals surface area contributed by atoms with Crippen LogP contribution in [0.3, 0.4) is 0 Å². The van der Waals surface area contributed by atoms with E-state index in [1.54, 1.807) is 0 Å². The van der Waals surface area contributed by atoms with Gasteiger partial charge in [-0.15, -0.1) is 0 Å². The lowest BCUT2D eigenvalue weighted by atomic mass is 10.1. The second-order valence-corrected chi connectivity index (χ2v) is 7.16. The van der Waals surface area contributed by atoms with E-state index in [9.17, 15) is 33.4 Å². The maximum atomic E-state index is 13.8. The van der Waals surface area contributed by atoms with Crippen LogP contribution in [0.5, 0.6) is 5.75 Å². The summed E-state index contributed by atoms with van der Waals surface area (Å²) < 4.78 is 33.3. The van der Waals surface area contributed by atoms with E-state index >= 15 is 0 Å². The molecule has 1 saturated heterocycles. The summed E-state index contributed by atoms with van der Waals surface area (Å²) in [6, 6.07) is 2.92. The molecule has 1 aliphatic rings. The first-order chi connectivity index (χ1) is 14.7. The van der Waals surface area contributed by atoms with Crippen molar-refractivity contribution in [2.24, 2.45) is 0 Å². The Kier molecular flexibility index (Phi) is 6.66. The van der Waals surface area contributed by atoms with Gasteiger partial charge in [0.25, 0.3) is 5.91 Å². The lowest BCUT2D eigenvalue weighted by Gasteiger charge is -2.30. The van der Waals surface area contributed by atoms with Crippen LogP contribution in [-0.2, 0) is 17.8 Å². The molecule has 1 aliphatic heterocycles. The minimum absolute atomic E-state index is 0.0183. The van der Waals surface area contributed by atoms with Crippen molar-refractivity contribution >= 4 is 11.9 Å². The van der Waals surface area contributed by atoms with Gasteiger partial charge in [0.1, 0.15) is 23.4 Å². The normalized spacial score (nSPS) is 18.5. The Hall–Kier alpha value is -3.31. The summed E-state index contributed by atoms with van der Waals surface area (Å²) in [5.74, 6) is -5.27. The average Bonchev–Trinajstić information content (AvgIpc) is 2.69. The molecule has 0 aliphatic carbocycles. The first-order valence-electron chi connectivity index (χ1n) is 9.46. The molecule has 1 amide bonds. The fourth-order valence-electron chi connectivity index (χ4n) is 3.24. The van der Waals surface area contributed by atoms with Crippen LogP contribution in [0.2, 0.25) is 0 Å². The highest BCUT2D eigenvalue weighted by Crippen LogP contribution is 2.17. The highest BCUT2D eigenvalue weighted by atomic mass is 19.1. The number of carbonyl (C=O) groups is 2. The van der Waals surface area contributed by atoms with E-state index in [1.807, 2.05) is 6.92 Å². The zero-order valence-corrected chi connectivity index (χ0v) is 16.5. The topological polar surface area (TPSA) is 130 Å². The predicted molar refractivity (Wildman–Crippen MR) is 104 cm³/mol. The van der Waals surface area contributed by atoms with E-state index in [4.69, 9.17) is 4.74 Å². The van der Waals surface area contributed by atoms with Crippen molar-refractivity contribution < 1.29 is 33.3 Å². The number of aromatic nitrogens is 1. The monoisotopic (exact) mass is 437 g/mol. The molecule has 0 radical (unpaired) electrons.